The van der Waals surface area contributed by atoms with Gasteiger partial charge in [-0.2, -0.15) is 5.10 Å². The van der Waals surface area contributed by atoms with Crippen LogP contribution >= 0.6 is 11.8 Å². The molecule has 9 heteroatoms. The van der Waals surface area contributed by atoms with Crippen LogP contribution in [0, 0.1) is 10.1 Å². The minimum absolute atomic E-state index is 0.0317. The second kappa shape index (κ2) is 6.76. The molecule has 1 amide bonds. The van der Waals surface area contributed by atoms with Gasteiger partial charge < -0.3 is 10.6 Å². The Morgan fingerprint density at radius 3 is 2.63 bits per heavy atom. The highest BCUT2D eigenvalue weighted by Gasteiger charge is 2.32. The summed E-state index contributed by atoms with van der Waals surface area (Å²) in [5.41, 5.74) is 1.84. The third kappa shape index (κ3) is 3.02. The molecule has 0 saturated carbocycles. The number of aromatic nitrogens is 2. The summed E-state index contributed by atoms with van der Waals surface area (Å²) in [6, 6.07) is 15.7. The van der Waals surface area contributed by atoms with Crippen molar-refractivity contribution in [1.82, 2.24) is 15.1 Å². The van der Waals surface area contributed by atoms with E-state index in [1.807, 2.05) is 36.6 Å². The minimum Gasteiger partial charge on any atom is -0.345 e. The molecule has 0 bridgehead atoms. The average Bonchev–Trinajstić information content (AvgIpc) is 3.08. The van der Waals surface area contributed by atoms with Crippen LogP contribution in [0.2, 0.25) is 0 Å². The van der Waals surface area contributed by atoms with Crippen molar-refractivity contribution in [2.24, 2.45) is 0 Å². The van der Waals surface area contributed by atoms with Gasteiger partial charge in [-0.25, -0.2) is 4.68 Å². The Bertz CT molecular complexity index is 1030. The molecule has 4 rings (SSSR count). The Morgan fingerprint density at radius 1 is 1.15 bits per heavy atom. The number of rotatable bonds is 4. The van der Waals surface area contributed by atoms with Gasteiger partial charge in [0.15, 0.2) is 0 Å². The molecule has 2 heterocycles. The smallest absolute Gasteiger partial charge is 0.269 e. The van der Waals surface area contributed by atoms with Gasteiger partial charge in [0, 0.05) is 17.7 Å². The van der Waals surface area contributed by atoms with Crippen LogP contribution in [0.5, 0.6) is 0 Å². The summed E-state index contributed by atoms with van der Waals surface area (Å²) in [6.07, 6.45) is 1.26. The highest BCUT2D eigenvalue weighted by molar-refractivity contribution is 7.98. The SMILES string of the molecule is CSc1nn(-c2ccccc2)c2c1C(=O)NC(c1cccc([N+](=O)[O-])c1)N2. The lowest BCUT2D eigenvalue weighted by Gasteiger charge is -2.27. The molecule has 1 aliphatic rings. The molecule has 3 aromatic rings. The summed E-state index contributed by atoms with van der Waals surface area (Å²) in [4.78, 5) is 23.4. The number of fused-ring (bicyclic) bond motifs is 1. The first-order valence-electron chi connectivity index (χ1n) is 8.12. The van der Waals surface area contributed by atoms with Gasteiger partial charge in [-0.15, -0.1) is 11.8 Å². The van der Waals surface area contributed by atoms with Gasteiger partial charge in [-0.05, 0) is 18.4 Å². The Morgan fingerprint density at radius 2 is 1.93 bits per heavy atom. The van der Waals surface area contributed by atoms with Crippen molar-refractivity contribution in [1.29, 1.82) is 0 Å². The van der Waals surface area contributed by atoms with Gasteiger partial charge >= 0.3 is 0 Å². The number of nitro benzene ring substituents is 1. The fraction of sp³-hybridized carbons (Fsp3) is 0.111. The van der Waals surface area contributed by atoms with Gasteiger partial charge in [0.05, 0.1) is 10.6 Å². The van der Waals surface area contributed by atoms with Crippen molar-refractivity contribution >= 4 is 29.2 Å². The third-order valence-corrected chi connectivity index (χ3v) is 4.92. The van der Waals surface area contributed by atoms with E-state index in [9.17, 15) is 14.9 Å². The molecule has 136 valence electrons. The maximum atomic E-state index is 12.8. The number of nitrogens with zero attached hydrogens (tertiary/aromatic N) is 3. The Hall–Kier alpha value is -3.33. The van der Waals surface area contributed by atoms with Gasteiger partial charge in [0.1, 0.15) is 22.6 Å². The Balaban J connectivity index is 1.79. The van der Waals surface area contributed by atoms with Gasteiger partial charge in [-0.1, -0.05) is 30.3 Å². The maximum absolute atomic E-state index is 12.8. The van der Waals surface area contributed by atoms with Crippen LogP contribution in [0.3, 0.4) is 0 Å². The highest BCUT2D eigenvalue weighted by atomic mass is 32.2. The van der Waals surface area contributed by atoms with E-state index >= 15 is 0 Å². The number of hydrogen-bond acceptors (Lipinski definition) is 6. The molecule has 0 radical (unpaired) electrons. The van der Waals surface area contributed by atoms with Crippen molar-refractivity contribution in [2.75, 3.05) is 11.6 Å². The van der Waals surface area contributed by atoms with Gasteiger partial charge in [0.25, 0.3) is 11.6 Å². The van der Waals surface area contributed by atoms with Crippen LogP contribution in [0.25, 0.3) is 5.69 Å². The molecule has 0 spiro atoms. The van der Waals surface area contributed by atoms with E-state index in [2.05, 4.69) is 15.7 Å². The van der Waals surface area contributed by atoms with Gasteiger partial charge in [0.2, 0.25) is 0 Å². The van der Waals surface area contributed by atoms with Crippen LogP contribution in [0.4, 0.5) is 11.5 Å². The molecule has 27 heavy (non-hydrogen) atoms. The standard InChI is InChI=1S/C18H15N5O3S/c1-27-18-14-16(22(21-18)12-7-3-2-4-8-12)19-15(20-17(14)24)11-6-5-9-13(10-11)23(25)26/h2-10,15,19H,1H3,(H,20,24). The van der Waals surface area contributed by atoms with Crippen molar-refractivity contribution in [3.63, 3.8) is 0 Å². The summed E-state index contributed by atoms with van der Waals surface area (Å²) >= 11 is 1.38. The first kappa shape index (κ1) is 17.1. The largest absolute Gasteiger partial charge is 0.345 e. The van der Waals surface area contributed by atoms with E-state index in [4.69, 9.17) is 0 Å². The van der Waals surface area contributed by atoms with Crippen LogP contribution < -0.4 is 10.6 Å². The predicted octanol–water partition coefficient (Wildman–Crippen LogP) is 3.36. The number of para-hydroxylation sites is 1. The zero-order valence-corrected chi connectivity index (χ0v) is 15.1. The van der Waals surface area contributed by atoms with E-state index in [1.54, 1.807) is 16.8 Å². The molecule has 1 aromatic heterocycles. The maximum Gasteiger partial charge on any atom is 0.269 e. The number of carbonyl (C=O) groups is 1. The molecule has 1 aliphatic heterocycles. The number of amides is 1. The average molecular weight is 381 g/mol. The molecule has 0 aliphatic carbocycles. The van der Waals surface area contributed by atoms with E-state index in [0.29, 0.717) is 22.0 Å². The van der Waals surface area contributed by atoms with Crippen LogP contribution in [-0.2, 0) is 0 Å². The number of anilines is 1. The van der Waals surface area contributed by atoms with E-state index in [-0.39, 0.29) is 11.6 Å². The molecule has 0 fully saturated rings. The molecule has 2 N–H and O–H groups in total. The zero-order chi connectivity index (χ0) is 19.0. The fourth-order valence-corrected chi connectivity index (χ4v) is 3.55. The first-order chi connectivity index (χ1) is 13.1. The number of thioether (sulfide) groups is 1. The third-order valence-electron chi connectivity index (χ3n) is 4.25. The molecule has 2 aromatic carbocycles. The lowest BCUT2D eigenvalue weighted by molar-refractivity contribution is -0.384. The summed E-state index contributed by atoms with van der Waals surface area (Å²) in [5.74, 6) is 0.289. The highest BCUT2D eigenvalue weighted by Crippen LogP contribution is 2.35. The number of carbonyl (C=O) groups excluding carboxylic acids is 1. The first-order valence-corrected chi connectivity index (χ1v) is 9.35. The topological polar surface area (TPSA) is 102 Å². The van der Waals surface area contributed by atoms with Crippen LogP contribution in [0.15, 0.2) is 59.6 Å². The molecular weight excluding hydrogens is 366 g/mol. The predicted molar refractivity (Wildman–Crippen MR) is 102 cm³/mol. The van der Waals surface area contributed by atoms with Crippen molar-refractivity contribution < 1.29 is 9.72 Å². The second-order valence-corrected chi connectivity index (χ2v) is 6.68. The van der Waals surface area contributed by atoms with Crippen molar-refractivity contribution in [2.45, 2.75) is 11.2 Å². The van der Waals surface area contributed by atoms with E-state index in [1.165, 1.54) is 23.9 Å². The number of non-ortho nitro benzene ring substituents is 1. The molecular formula is C18H15N5O3S. The zero-order valence-electron chi connectivity index (χ0n) is 14.2. The molecule has 8 nitrogen and oxygen atoms in total. The van der Waals surface area contributed by atoms with Crippen LogP contribution in [0.1, 0.15) is 22.1 Å². The fourth-order valence-electron chi connectivity index (χ4n) is 3.00. The summed E-state index contributed by atoms with van der Waals surface area (Å²) in [7, 11) is 0. The molecule has 1 atom stereocenters. The lowest BCUT2D eigenvalue weighted by atomic mass is 10.1. The van der Waals surface area contributed by atoms with Gasteiger partial charge in [-0.3, -0.25) is 14.9 Å². The number of benzene rings is 2. The molecule has 0 saturated heterocycles. The lowest BCUT2D eigenvalue weighted by Crippen LogP contribution is -2.39. The van der Waals surface area contributed by atoms with Crippen molar-refractivity contribution in [3.05, 3.63) is 75.8 Å². The second-order valence-electron chi connectivity index (χ2n) is 5.88. The Labute approximate surface area is 158 Å². The summed E-state index contributed by atoms with van der Waals surface area (Å²) in [5, 5.41) is 22.3. The van der Waals surface area contributed by atoms with E-state index in [0.717, 1.165) is 5.69 Å². The Kier molecular flexibility index (Phi) is 4.28. The summed E-state index contributed by atoms with van der Waals surface area (Å²) < 4.78 is 1.68. The summed E-state index contributed by atoms with van der Waals surface area (Å²) in [6.45, 7) is 0. The number of nitrogens with one attached hydrogen (secondary N) is 2. The van der Waals surface area contributed by atoms with E-state index < -0.39 is 11.1 Å². The quantitative estimate of drug-likeness (QED) is 0.408. The van der Waals surface area contributed by atoms with Crippen molar-refractivity contribution in [3.8, 4) is 5.69 Å². The minimum atomic E-state index is -0.598. The molecule has 1 unspecified atom stereocenters. The normalized spacial score (nSPS) is 15.6. The number of nitro groups is 1. The van der Waals surface area contributed by atoms with Crippen LogP contribution in [-0.4, -0.2) is 26.9 Å². The number of hydrogen-bond donors (Lipinski definition) is 2. The monoisotopic (exact) mass is 381 g/mol.